The second kappa shape index (κ2) is 8.23. The third-order valence-electron chi connectivity index (χ3n) is 2.93. The van der Waals surface area contributed by atoms with Crippen LogP contribution in [0.5, 0.6) is 0 Å². The third-order valence-corrected chi connectivity index (χ3v) is 5.44. The Hall–Kier alpha value is -1.28. The quantitative estimate of drug-likeness (QED) is 0.563. The number of carbonyl (C=O) groups is 1. The summed E-state index contributed by atoms with van der Waals surface area (Å²) in [5.41, 5.74) is 2.33. The van der Waals surface area contributed by atoms with E-state index in [9.17, 15) is 4.79 Å². The Morgan fingerprint density at radius 3 is 2.43 bits per heavy atom. The first-order valence-corrected chi connectivity index (χ1v) is 9.49. The van der Waals surface area contributed by atoms with Crippen LogP contribution in [0, 0.1) is 0 Å². The predicted molar refractivity (Wildman–Crippen MR) is 86.7 cm³/mol. The molecule has 0 heterocycles. The summed E-state index contributed by atoms with van der Waals surface area (Å²) in [4.78, 5) is 11.3. The van der Waals surface area contributed by atoms with E-state index in [1.165, 1.54) is 12.5 Å². The van der Waals surface area contributed by atoms with Gasteiger partial charge in [-0.1, -0.05) is 0 Å². The Morgan fingerprint density at radius 2 is 1.81 bits per heavy atom. The van der Waals surface area contributed by atoms with Crippen LogP contribution in [0.4, 0.5) is 0 Å². The van der Waals surface area contributed by atoms with Crippen molar-refractivity contribution in [1.29, 1.82) is 0 Å². The molecule has 2 aromatic rings. The molecule has 0 aliphatic carbocycles. The molecule has 21 heavy (non-hydrogen) atoms. The van der Waals surface area contributed by atoms with Crippen molar-refractivity contribution in [2.45, 2.75) is 23.7 Å². The van der Waals surface area contributed by atoms with Gasteiger partial charge in [0.05, 0.1) is 0 Å². The van der Waals surface area contributed by atoms with Crippen LogP contribution in [0.15, 0.2) is 54.6 Å². The number of ether oxygens (including phenoxy) is 1. The topological polar surface area (TPSA) is 26.3 Å². The fourth-order valence-corrected chi connectivity index (χ4v) is 4.20. The second-order valence-electron chi connectivity index (χ2n) is 4.65. The van der Waals surface area contributed by atoms with Gasteiger partial charge < -0.3 is 0 Å². The van der Waals surface area contributed by atoms with Crippen molar-refractivity contribution in [3.63, 3.8) is 0 Å². The molecule has 0 radical (unpaired) electrons. The van der Waals surface area contributed by atoms with E-state index in [0.29, 0.717) is 20.0 Å². The molecule has 2 nitrogen and oxygen atoms in total. The molecule has 2 rings (SSSR count). The molecule has 110 valence electrons. The van der Waals surface area contributed by atoms with Gasteiger partial charge in [-0.05, 0) is 0 Å². The van der Waals surface area contributed by atoms with Gasteiger partial charge in [-0.2, -0.15) is 0 Å². The zero-order chi connectivity index (χ0) is 15.1. The van der Waals surface area contributed by atoms with Crippen LogP contribution in [0.1, 0.15) is 24.2 Å². The summed E-state index contributed by atoms with van der Waals surface area (Å²) in [6.45, 7) is 1.45. The van der Waals surface area contributed by atoms with Crippen molar-refractivity contribution in [3.8, 4) is 0 Å². The van der Waals surface area contributed by atoms with Gasteiger partial charge in [-0.25, -0.2) is 0 Å². The summed E-state index contributed by atoms with van der Waals surface area (Å²) in [7, 11) is 0. The van der Waals surface area contributed by atoms with E-state index in [2.05, 4.69) is 12.1 Å². The minimum absolute atomic E-state index is 0.177. The number of hydrogen-bond acceptors (Lipinski definition) is 2. The van der Waals surface area contributed by atoms with Crippen molar-refractivity contribution < 1.29 is 9.53 Å². The molecule has 4 heteroatoms. The van der Waals surface area contributed by atoms with Gasteiger partial charge in [0, 0.05) is 0 Å². The van der Waals surface area contributed by atoms with E-state index in [1.54, 1.807) is 0 Å². The standard InChI is InChI=1S/C17H17ClO2Se/c1-13(19)20-17(15-7-9-16(18)10-8-15)12-21-11-14-5-3-2-4-6-14/h2-10,17H,11-12H2,1H3. The average molecular weight is 368 g/mol. The van der Waals surface area contributed by atoms with Gasteiger partial charge in [0.15, 0.2) is 0 Å². The number of rotatable bonds is 6. The van der Waals surface area contributed by atoms with Crippen LogP contribution in [-0.4, -0.2) is 20.9 Å². The predicted octanol–water partition coefficient (Wildman–Crippen LogP) is 4.27. The average Bonchev–Trinajstić information content (AvgIpc) is 2.48. The number of halogens is 1. The molecule has 0 aromatic heterocycles. The Labute approximate surface area is 136 Å². The molecule has 0 fully saturated rings. The van der Waals surface area contributed by atoms with Crippen molar-refractivity contribution in [2.75, 3.05) is 0 Å². The number of carbonyl (C=O) groups excluding carboxylic acids is 1. The van der Waals surface area contributed by atoms with Gasteiger partial charge in [-0.3, -0.25) is 0 Å². The normalized spacial score (nSPS) is 11.9. The Bertz CT molecular complexity index is 569. The Balaban J connectivity index is 1.96. The van der Waals surface area contributed by atoms with E-state index in [-0.39, 0.29) is 12.1 Å². The number of esters is 1. The maximum atomic E-state index is 11.3. The Kier molecular flexibility index (Phi) is 6.31. The summed E-state index contributed by atoms with van der Waals surface area (Å²) in [5.74, 6) is -0.245. The zero-order valence-corrected chi connectivity index (χ0v) is 14.3. The molecule has 0 saturated heterocycles. The van der Waals surface area contributed by atoms with Crippen molar-refractivity contribution in [1.82, 2.24) is 0 Å². The molecule has 1 unspecified atom stereocenters. The molecular formula is C17H17ClO2Se. The van der Waals surface area contributed by atoms with Crippen LogP contribution >= 0.6 is 11.6 Å². The SMILES string of the molecule is CC(=O)OC(C[Se]Cc1ccccc1)c1ccc(Cl)cc1. The summed E-state index contributed by atoms with van der Waals surface area (Å²) < 4.78 is 5.45. The molecule has 0 aliphatic heterocycles. The number of hydrogen-bond donors (Lipinski definition) is 0. The third kappa shape index (κ3) is 5.55. The van der Waals surface area contributed by atoms with Crippen LogP contribution < -0.4 is 0 Å². The van der Waals surface area contributed by atoms with Gasteiger partial charge in [-0.15, -0.1) is 0 Å². The van der Waals surface area contributed by atoms with Crippen molar-refractivity contribution in [2.24, 2.45) is 0 Å². The number of benzene rings is 2. The second-order valence-corrected chi connectivity index (χ2v) is 7.25. The summed E-state index contributed by atoms with van der Waals surface area (Å²) in [6.07, 6.45) is -0.177. The van der Waals surface area contributed by atoms with Gasteiger partial charge in [0.25, 0.3) is 0 Å². The molecule has 0 saturated carbocycles. The van der Waals surface area contributed by atoms with Gasteiger partial charge in [0.2, 0.25) is 0 Å². The molecule has 0 bridgehead atoms. The van der Waals surface area contributed by atoms with Gasteiger partial charge >= 0.3 is 136 Å². The molecule has 0 N–H and O–H groups in total. The first-order valence-electron chi connectivity index (χ1n) is 6.69. The molecule has 0 aliphatic rings. The maximum absolute atomic E-state index is 11.3. The van der Waals surface area contributed by atoms with E-state index < -0.39 is 0 Å². The first-order chi connectivity index (χ1) is 10.1. The van der Waals surface area contributed by atoms with E-state index >= 15 is 0 Å². The molecule has 1 atom stereocenters. The fourth-order valence-electron chi connectivity index (χ4n) is 1.93. The molecule has 0 spiro atoms. The zero-order valence-electron chi connectivity index (χ0n) is 11.8. The summed E-state index contributed by atoms with van der Waals surface area (Å²) in [6, 6.07) is 17.9. The first kappa shape index (κ1) is 16.1. The van der Waals surface area contributed by atoms with Crippen LogP contribution in [-0.2, 0) is 14.9 Å². The summed E-state index contributed by atoms with van der Waals surface area (Å²) >= 11 is 6.28. The van der Waals surface area contributed by atoms with E-state index in [0.717, 1.165) is 16.2 Å². The molecular weight excluding hydrogens is 351 g/mol. The molecule has 2 aromatic carbocycles. The fraction of sp³-hybridized carbons (Fsp3) is 0.235. The molecule has 0 amide bonds. The van der Waals surface area contributed by atoms with E-state index in [4.69, 9.17) is 16.3 Å². The monoisotopic (exact) mass is 368 g/mol. The van der Waals surface area contributed by atoms with Crippen LogP contribution in [0.3, 0.4) is 0 Å². The Morgan fingerprint density at radius 1 is 1.14 bits per heavy atom. The summed E-state index contributed by atoms with van der Waals surface area (Å²) in [5, 5.41) is 2.59. The van der Waals surface area contributed by atoms with Crippen LogP contribution in [0.25, 0.3) is 0 Å². The van der Waals surface area contributed by atoms with Gasteiger partial charge in [0.1, 0.15) is 0 Å². The van der Waals surface area contributed by atoms with Crippen molar-refractivity contribution in [3.05, 3.63) is 70.7 Å². The minimum atomic E-state index is -0.245. The van der Waals surface area contributed by atoms with Crippen molar-refractivity contribution >= 4 is 32.5 Å². The van der Waals surface area contributed by atoms with Crippen LogP contribution in [0.2, 0.25) is 10.3 Å². The van der Waals surface area contributed by atoms with E-state index in [1.807, 2.05) is 42.5 Å².